The van der Waals surface area contributed by atoms with Gasteiger partial charge >= 0.3 is 0 Å². The maximum absolute atomic E-state index is 12.3. The van der Waals surface area contributed by atoms with Crippen LogP contribution in [0.3, 0.4) is 0 Å². The summed E-state index contributed by atoms with van der Waals surface area (Å²) in [7, 11) is 0. The molecule has 0 aromatic heterocycles. The Labute approximate surface area is 161 Å². The third kappa shape index (κ3) is 4.83. The number of amides is 1. The smallest absolute Gasteiger partial charge is 0.249 e. The molecule has 1 atom stereocenters. The van der Waals surface area contributed by atoms with Crippen molar-refractivity contribution < 1.29 is 14.3 Å². The molecule has 2 rings (SSSR count). The highest BCUT2D eigenvalue weighted by molar-refractivity contribution is 5.96. The van der Waals surface area contributed by atoms with E-state index >= 15 is 0 Å². The number of ether oxygens (including phenoxy) is 1. The summed E-state index contributed by atoms with van der Waals surface area (Å²) in [5.41, 5.74) is 3.59. The summed E-state index contributed by atoms with van der Waals surface area (Å²) in [6.45, 7) is 13.0. The number of nitrogens with zero attached hydrogens (tertiary/aromatic N) is 2. The zero-order valence-corrected chi connectivity index (χ0v) is 16.3. The van der Waals surface area contributed by atoms with Gasteiger partial charge in [-0.1, -0.05) is 19.6 Å². The van der Waals surface area contributed by atoms with Crippen LogP contribution in [-0.4, -0.2) is 49.7 Å². The number of nitrogens with one attached hydrogen (secondary N) is 1. The normalized spacial score (nSPS) is 23.3. The van der Waals surface area contributed by atoms with Crippen LogP contribution >= 0.6 is 0 Å². The molecule has 146 valence electrons. The number of aldehydes is 1. The minimum Gasteiger partial charge on any atom is -0.381 e. The maximum Gasteiger partial charge on any atom is 0.249 e. The molecule has 2 aliphatic heterocycles. The predicted molar refractivity (Wildman–Crippen MR) is 107 cm³/mol. The number of carbonyl (C=O) groups is 2. The highest BCUT2D eigenvalue weighted by Crippen LogP contribution is 2.30. The summed E-state index contributed by atoms with van der Waals surface area (Å²) in [5.74, 6) is -0.128. The lowest BCUT2D eigenvalue weighted by Crippen LogP contribution is -2.40. The zero-order valence-electron chi connectivity index (χ0n) is 16.3. The monoisotopic (exact) mass is 371 g/mol. The molecule has 1 N–H and O–H groups in total. The lowest BCUT2D eigenvalue weighted by atomic mass is 9.96. The van der Waals surface area contributed by atoms with Gasteiger partial charge in [0.1, 0.15) is 6.29 Å². The Morgan fingerprint density at radius 2 is 2.19 bits per heavy atom. The van der Waals surface area contributed by atoms with Crippen molar-refractivity contribution in [2.45, 2.75) is 45.6 Å². The Kier molecular flexibility index (Phi) is 7.73. The van der Waals surface area contributed by atoms with Gasteiger partial charge in [0.2, 0.25) is 5.91 Å². The van der Waals surface area contributed by atoms with E-state index in [9.17, 15) is 9.59 Å². The average Bonchev–Trinajstić information content (AvgIpc) is 2.96. The minimum absolute atomic E-state index is 0.109. The van der Waals surface area contributed by atoms with Crippen LogP contribution in [0.25, 0.3) is 0 Å². The summed E-state index contributed by atoms with van der Waals surface area (Å²) >= 11 is 0. The molecular weight excluding hydrogens is 342 g/mol. The highest BCUT2D eigenvalue weighted by atomic mass is 16.5. The second-order valence-electron chi connectivity index (χ2n) is 6.67. The van der Waals surface area contributed by atoms with Crippen molar-refractivity contribution in [1.29, 1.82) is 0 Å². The first-order valence-electron chi connectivity index (χ1n) is 9.41. The molecule has 0 saturated carbocycles. The van der Waals surface area contributed by atoms with Crippen molar-refractivity contribution in [1.82, 2.24) is 10.3 Å². The lowest BCUT2D eigenvalue weighted by Gasteiger charge is -2.34. The third-order valence-electron chi connectivity index (χ3n) is 5.04. The first-order chi connectivity index (χ1) is 13.1. The van der Waals surface area contributed by atoms with Crippen LogP contribution in [0, 0.1) is 0 Å². The minimum atomic E-state index is -0.128. The van der Waals surface area contributed by atoms with Gasteiger partial charge in [-0.05, 0) is 49.8 Å². The van der Waals surface area contributed by atoms with E-state index in [0.29, 0.717) is 30.7 Å². The Morgan fingerprint density at radius 3 is 2.81 bits per heavy atom. The molecule has 0 radical (unpaired) electrons. The van der Waals surface area contributed by atoms with Gasteiger partial charge in [-0.25, -0.2) is 0 Å². The molecule has 1 saturated heterocycles. The van der Waals surface area contributed by atoms with Gasteiger partial charge < -0.3 is 10.1 Å². The Hall–Kier alpha value is -2.47. The summed E-state index contributed by atoms with van der Waals surface area (Å²) in [4.78, 5) is 24.0. The van der Waals surface area contributed by atoms with Crippen LogP contribution < -0.4 is 5.32 Å². The Balaban J connectivity index is 2.53. The van der Waals surface area contributed by atoms with Crippen molar-refractivity contribution in [2.75, 3.05) is 19.8 Å². The van der Waals surface area contributed by atoms with Crippen molar-refractivity contribution >= 4 is 18.9 Å². The first kappa shape index (κ1) is 20.8. The topological polar surface area (TPSA) is 71.0 Å². The fourth-order valence-electron chi connectivity index (χ4n) is 3.54. The number of carbonyl (C=O) groups excluding carboxylic acids is 2. The summed E-state index contributed by atoms with van der Waals surface area (Å²) < 4.78 is 5.56. The van der Waals surface area contributed by atoms with Gasteiger partial charge in [-0.3, -0.25) is 14.6 Å². The summed E-state index contributed by atoms with van der Waals surface area (Å²) in [6.07, 6.45) is 7.73. The van der Waals surface area contributed by atoms with Crippen molar-refractivity contribution in [3.8, 4) is 0 Å². The first-order valence-corrected chi connectivity index (χ1v) is 9.41. The van der Waals surface area contributed by atoms with Crippen LogP contribution in [0.4, 0.5) is 0 Å². The van der Waals surface area contributed by atoms with Crippen LogP contribution in [0.5, 0.6) is 0 Å². The van der Waals surface area contributed by atoms with Crippen LogP contribution in [-0.2, 0) is 14.3 Å². The molecule has 27 heavy (non-hydrogen) atoms. The molecule has 0 spiro atoms. The molecule has 0 aromatic rings. The number of rotatable bonds is 7. The van der Waals surface area contributed by atoms with E-state index in [1.54, 1.807) is 13.0 Å². The van der Waals surface area contributed by atoms with E-state index in [0.717, 1.165) is 49.0 Å². The van der Waals surface area contributed by atoms with Gasteiger partial charge in [-0.15, -0.1) is 0 Å². The largest absolute Gasteiger partial charge is 0.381 e. The van der Waals surface area contributed by atoms with Gasteiger partial charge in [0, 0.05) is 37.6 Å². The van der Waals surface area contributed by atoms with Gasteiger partial charge in [0.15, 0.2) is 0 Å². The molecule has 1 amide bonds. The number of hydrogen-bond acceptors (Lipinski definition) is 5. The molecule has 2 aliphatic rings. The zero-order chi connectivity index (χ0) is 19.8. The van der Waals surface area contributed by atoms with Crippen molar-refractivity contribution in [3.63, 3.8) is 0 Å². The molecule has 1 fully saturated rings. The van der Waals surface area contributed by atoms with Crippen LogP contribution in [0.15, 0.2) is 51.8 Å². The quantitative estimate of drug-likeness (QED) is 0.246. The molecule has 6 heteroatoms. The summed E-state index contributed by atoms with van der Waals surface area (Å²) in [5, 5.41) is 8.97. The van der Waals surface area contributed by atoms with E-state index in [2.05, 4.69) is 23.7 Å². The Morgan fingerprint density at radius 1 is 1.41 bits per heavy atom. The number of allylic oxidation sites excluding steroid dienone is 4. The van der Waals surface area contributed by atoms with Crippen molar-refractivity contribution in [3.05, 3.63) is 46.7 Å². The molecule has 0 aliphatic carbocycles. The summed E-state index contributed by atoms with van der Waals surface area (Å²) in [6, 6.07) is 0.109. The molecule has 0 aromatic carbocycles. The van der Waals surface area contributed by atoms with E-state index in [4.69, 9.17) is 4.74 Å². The lowest BCUT2D eigenvalue weighted by molar-refractivity contribution is -0.117. The van der Waals surface area contributed by atoms with E-state index in [-0.39, 0.29) is 11.9 Å². The fraction of sp³-hybridized carbons (Fsp3) is 0.476. The highest BCUT2D eigenvalue weighted by Gasteiger charge is 2.30. The fourth-order valence-corrected chi connectivity index (χ4v) is 3.54. The number of hydrogen-bond donors (Lipinski definition) is 1. The third-order valence-corrected chi connectivity index (χ3v) is 5.04. The maximum atomic E-state index is 12.3. The molecule has 0 bridgehead atoms. The van der Waals surface area contributed by atoms with E-state index < -0.39 is 0 Å². The molecule has 2 heterocycles. The van der Waals surface area contributed by atoms with Crippen LogP contribution in [0.2, 0.25) is 0 Å². The predicted octanol–water partition coefficient (Wildman–Crippen LogP) is 2.89. The molecular formula is C21H29N3O3. The van der Waals surface area contributed by atoms with E-state index in [1.165, 1.54) is 0 Å². The second-order valence-corrected chi connectivity index (χ2v) is 6.67. The Bertz CT molecular complexity index is 695. The molecule has 6 nitrogen and oxygen atoms in total. The molecule has 1 unspecified atom stereocenters. The van der Waals surface area contributed by atoms with Crippen molar-refractivity contribution in [2.24, 2.45) is 5.10 Å². The van der Waals surface area contributed by atoms with E-state index in [1.807, 2.05) is 18.0 Å². The second kappa shape index (κ2) is 10.0. The SMILES string of the molecule is C=C/C(CC)=C(C=O)\C=C1/CNC(=O)C(C)=C1N(N=C)C1CCCOCC1. The number of hydrazone groups is 1. The average molecular weight is 371 g/mol. The van der Waals surface area contributed by atoms with Gasteiger partial charge in [0.05, 0.1) is 11.7 Å². The van der Waals surface area contributed by atoms with Gasteiger partial charge in [-0.2, -0.15) is 5.10 Å². The van der Waals surface area contributed by atoms with Gasteiger partial charge in [0.25, 0.3) is 0 Å². The standard InChI is InChI=1S/C21H29N3O3/c1-5-16(6-2)18(14-25)12-17-13-23-21(26)15(3)20(17)24(22-4)19-8-7-10-27-11-9-19/h5,12,14,19H,1,4,6-11,13H2,2-3H3,(H,23,26)/b17-12+,18-16-. The van der Waals surface area contributed by atoms with Crippen LogP contribution in [0.1, 0.15) is 39.5 Å².